The second-order valence-corrected chi connectivity index (χ2v) is 4.08. The average Bonchev–Trinajstić information content (AvgIpc) is 2.77. The lowest BCUT2D eigenvalue weighted by molar-refractivity contribution is -0.141. The quantitative estimate of drug-likeness (QED) is 0.555. The lowest BCUT2D eigenvalue weighted by Gasteiger charge is -2.21. The van der Waals surface area contributed by atoms with Crippen LogP contribution in [0.15, 0.2) is 0 Å². The Balaban J connectivity index is 2.27. The van der Waals surface area contributed by atoms with Crippen LogP contribution in [0.25, 0.3) is 0 Å². The smallest absolute Gasteiger partial charge is 0.326 e. The lowest BCUT2D eigenvalue weighted by atomic mass is 10.2. The molecular formula is C12H18N2O3. The first-order valence-corrected chi connectivity index (χ1v) is 5.87. The first-order valence-electron chi connectivity index (χ1n) is 5.87. The van der Waals surface area contributed by atoms with Gasteiger partial charge in [0.1, 0.15) is 6.04 Å². The number of terminal acetylenes is 1. The largest absolute Gasteiger partial charge is 0.480 e. The number of carbonyl (C=O) groups excluding carboxylic acids is 1. The predicted molar refractivity (Wildman–Crippen MR) is 63.4 cm³/mol. The van der Waals surface area contributed by atoms with Gasteiger partial charge in [-0.1, -0.05) is 0 Å². The number of rotatable bonds is 5. The van der Waals surface area contributed by atoms with Gasteiger partial charge in [0.2, 0.25) is 0 Å². The number of carbonyl (C=O) groups is 2. The number of aliphatic carboxylic acids is 1. The van der Waals surface area contributed by atoms with Gasteiger partial charge in [0.25, 0.3) is 0 Å². The van der Waals surface area contributed by atoms with Crippen molar-refractivity contribution in [1.29, 1.82) is 0 Å². The standard InChI is InChI=1S/C12H18N2O3/c1-2-3-4-5-8-13-12(17)14-9-6-7-10(14)11(15)16/h1,10H,3-9H2,(H,13,17)(H,15,16). The fourth-order valence-electron chi connectivity index (χ4n) is 1.92. The first-order chi connectivity index (χ1) is 8.16. The molecule has 0 aromatic rings. The van der Waals surface area contributed by atoms with Crippen LogP contribution >= 0.6 is 0 Å². The van der Waals surface area contributed by atoms with Gasteiger partial charge in [-0.25, -0.2) is 9.59 Å². The second kappa shape index (κ2) is 6.79. The van der Waals surface area contributed by atoms with Gasteiger partial charge in [0.15, 0.2) is 0 Å². The molecule has 1 unspecified atom stereocenters. The molecule has 1 fully saturated rings. The molecule has 1 rings (SSSR count). The maximum absolute atomic E-state index is 11.7. The van der Waals surface area contributed by atoms with E-state index < -0.39 is 12.0 Å². The molecule has 5 heteroatoms. The van der Waals surface area contributed by atoms with Gasteiger partial charge in [-0.2, -0.15) is 0 Å². The van der Waals surface area contributed by atoms with E-state index in [0.29, 0.717) is 25.9 Å². The van der Waals surface area contributed by atoms with Crippen molar-refractivity contribution in [2.24, 2.45) is 0 Å². The number of carboxylic acid groups (broad SMARTS) is 1. The monoisotopic (exact) mass is 238 g/mol. The summed E-state index contributed by atoms with van der Waals surface area (Å²) in [7, 11) is 0. The summed E-state index contributed by atoms with van der Waals surface area (Å²) in [5.74, 6) is 1.61. The average molecular weight is 238 g/mol. The summed E-state index contributed by atoms with van der Waals surface area (Å²) in [6.45, 7) is 1.07. The number of amides is 2. The molecule has 0 spiro atoms. The van der Waals surface area contributed by atoms with E-state index in [4.69, 9.17) is 11.5 Å². The van der Waals surface area contributed by atoms with Crippen molar-refractivity contribution in [1.82, 2.24) is 10.2 Å². The summed E-state index contributed by atoms with van der Waals surface area (Å²) in [4.78, 5) is 24.0. The number of urea groups is 1. The Hall–Kier alpha value is -1.70. The van der Waals surface area contributed by atoms with Crippen LogP contribution in [0.5, 0.6) is 0 Å². The number of hydrogen-bond donors (Lipinski definition) is 2. The molecule has 1 atom stereocenters. The summed E-state index contributed by atoms with van der Waals surface area (Å²) in [6.07, 6.45) is 8.80. The normalized spacial score (nSPS) is 18.8. The Morgan fingerprint density at radius 2 is 2.24 bits per heavy atom. The zero-order chi connectivity index (χ0) is 12.7. The summed E-state index contributed by atoms with van der Waals surface area (Å²) < 4.78 is 0. The van der Waals surface area contributed by atoms with Gasteiger partial charge >= 0.3 is 12.0 Å². The molecule has 1 aliphatic rings. The highest BCUT2D eigenvalue weighted by molar-refractivity contribution is 5.83. The molecule has 5 nitrogen and oxygen atoms in total. The van der Waals surface area contributed by atoms with Crippen LogP contribution in [0.4, 0.5) is 4.79 Å². The number of nitrogens with one attached hydrogen (secondary N) is 1. The number of likely N-dealkylation sites (tertiary alicyclic amines) is 1. The summed E-state index contributed by atoms with van der Waals surface area (Å²) in [6, 6.07) is -0.948. The third-order valence-electron chi connectivity index (χ3n) is 2.82. The van der Waals surface area contributed by atoms with Gasteiger partial charge in [-0.05, 0) is 25.7 Å². The van der Waals surface area contributed by atoms with Crippen LogP contribution in [0.2, 0.25) is 0 Å². The van der Waals surface area contributed by atoms with Crippen LogP contribution in [0.3, 0.4) is 0 Å². The van der Waals surface area contributed by atoms with E-state index in [0.717, 1.165) is 19.3 Å². The molecule has 0 aromatic heterocycles. The Kier molecular flexibility index (Phi) is 5.34. The highest BCUT2D eigenvalue weighted by Crippen LogP contribution is 2.17. The zero-order valence-electron chi connectivity index (χ0n) is 9.82. The topological polar surface area (TPSA) is 69.6 Å². The molecule has 1 aliphatic heterocycles. The molecule has 94 valence electrons. The molecule has 17 heavy (non-hydrogen) atoms. The minimum atomic E-state index is -0.926. The fourth-order valence-corrected chi connectivity index (χ4v) is 1.92. The van der Waals surface area contributed by atoms with E-state index in [1.807, 2.05) is 0 Å². The third-order valence-corrected chi connectivity index (χ3v) is 2.82. The molecule has 0 aromatic carbocycles. The van der Waals surface area contributed by atoms with Crippen molar-refractivity contribution in [2.45, 2.75) is 38.1 Å². The van der Waals surface area contributed by atoms with Crippen molar-refractivity contribution >= 4 is 12.0 Å². The molecule has 0 aliphatic carbocycles. The van der Waals surface area contributed by atoms with Crippen molar-refractivity contribution in [3.8, 4) is 12.3 Å². The SMILES string of the molecule is C#CCCCCNC(=O)N1CCCC1C(=O)O. The second-order valence-electron chi connectivity index (χ2n) is 4.08. The fraction of sp³-hybridized carbons (Fsp3) is 0.667. The number of carboxylic acids is 1. The zero-order valence-corrected chi connectivity index (χ0v) is 9.82. The summed E-state index contributed by atoms with van der Waals surface area (Å²) in [5.41, 5.74) is 0. The Morgan fingerprint density at radius 1 is 1.47 bits per heavy atom. The van der Waals surface area contributed by atoms with Crippen LogP contribution < -0.4 is 5.32 Å². The Labute approximate surface area is 101 Å². The predicted octanol–water partition coefficient (Wildman–Crippen LogP) is 1.05. The third kappa shape index (κ3) is 3.99. The van der Waals surface area contributed by atoms with Crippen molar-refractivity contribution in [3.63, 3.8) is 0 Å². The van der Waals surface area contributed by atoms with Gasteiger partial charge in [0.05, 0.1) is 0 Å². The summed E-state index contributed by atoms with van der Waals surface area (Å²) in [5, 5.41) is 11.7. The van der Waals surface area contributed by atoms with Gasteiger partial charge in [0, 0.05) is 19.5 Å². The van der Waals surface area contributed by atoms with Gasteiger partial charge in [-0.3, -0.25) is 0 Å². The van der Waals surface area contributed by atoms with Crippen molar-refractivity contribution in [2.75, 3.05) is 13.1 Å². The van der Waals surface area contributed by atoms with E-state index in [1.54, 1.807) is 0 Å². The number of hydrogen-bond acceptors (Lipinski definition) is 2. The highest BCUT2D eigenvalue weighted by Gasteiger charge is 2.33. The highest BCUT2D eigenvalue weighted by atomic mass is 16.4. The van der Waals surface area contributed by atoms with E-state index in [9.17, 15) is 9.59 Å². The van der Waals surface area contributed by atoms with Crippen molar-refractivity contribution < 1.29 is 14.7 Å². The van der Waals surface area contributed by atoms with Gasteiger partial charge < -0.3 is 15.3 Å². The minimum absolute atomic E-state index is 0.282. The summed E-state index contributed by atoms with van der Waals surface area (Å²) >= 11 is 0. The first kappa shape index (κ1) is 13.4. The molecule has 0 saturated carbocycles. The molecule has 0 bridgehead atoms. The van der Waals surface area contributed by atoms with Crippen molar-refractivity contribution in [3.05, 3.63) is 0 Å². The van der Waals surface area contributed by atoms with Crippen LogP contribution in [-0.2, 0) is 4.79 Å². The van der Waals surface area contributed by atoms with Crippen LogP contribution in [0.1, 0.15) is 32.1 Å². The molecule has 0 radical (unpaired) electrons. The van der Waals surface area contributed by atoms with Crippen LogP contribution in [-0.4, -0.2) is 41.1 Å². The van der Waals surface area contributed by atoms with Crippen LogP contribution in [0, 0.1) is 12.3 Å². The minimum Gasteiger partial charge on any atom is -0.480 e. The number of nitrogens with zero attached hydrogens (tertiary/aromatic N) is 1. The molecule has 1 saturated heterocycles. The van der Waals surface area contributed by atoms with E-state index >= 15 is 0 Å². The Morgan fingerprint density at radius 3 is 2.88 bits per heavy atom. The molecule has 1 heterocycles. The number of unbranched alkanes of at least 4 members (excludes halogenated alkanes) is 2. The molecule has 2 N–H and O–H groups in total. The maximum atomic E-state index is 11.7. The van der Waals surface area contributed by atoms with E-state index in [-0.39, 0.29) is 6.03 Å². The van der Waals surface area contributed by atoms with E-state index in [1.165, 1.54) is 4.90 Å². The lowest BCUT2D eigenvalue weighted by Crippen LogP contribution is -2.46. The van der Waals surface area contributed by atoms with E-state index in [2.05, 4.69) is 11.2 Å². The molecular weight excluding hydrogens is 220 g/mol. The van der Waals surface area contributed by atoms with Gasteiger partial charge in [-0.15, -0.1) is 12.3 Å². The maximum Gasteiger partial charge on any atom is 0.326 e. The molecule has 2 amide bonds. The Bertz CT molecular complexity index is 322.